The van der Waals surface area contributed by atoms with E-state index >= 15 is 0 Å². The van der Waals surface area contributed by atoms with Gasteiger partial charge in [0.05, 0.1) is 6.04 Å². The second-order valence-electron chi connectivity index (χ2n) is 6.60. The molecular weight excluding hydrogens is 276 g/mol. The maximum absolute atomic E-state index is 13.2. The number of carbonyl (C=O) groups excluding carboxylic acids is 1. The molecule has 1 N–H and O–H groups in total. The summed E-state index contributed by atoms with van der Waals surface area (Å²) in [7, 11) is 0. The third kappa shape index (κ3) is 3.54. The molecule has 1 amide bonds. The van der Waals surface area contributed by atoms with Gasteiger partial charge in [-0.1, -0.05) is 0 Å². The van der Waals surface area contributed by atoms with Gasteiger partial charge in [-0.3, -0.25) is 9.69 Å². The first-order chi connectivity index (χ1) is 10.1. The Kier molecular flexibility index (Phi) is 4.45. The van der Waals surface area contributed by atoms with Crippen molar-refractivity contribution >= 4 is 5.91 Å². The summed E-state index contributed by atoms with van der Waals surface area (Å²) in [6, 6.07) is 0.288. The van der Waals surface area contributed by atoms with Gasteiger partial charge in [0.1, 0.15) is 0 Å². The Morgan fingerprint density at radius 2 is 1.71 bits per heavy atom. The van der Waals surface area contributed by atoms with Crippen LogP contribution in [0.25, 0.3) is 0 Å². The Morgan fingerprint density at radius 3 is 2.29 bits per heavy atom. The third-order valence-electron chi connectivity index (χ3n) is 5.19. The minimum atomic E-state index is -2.46. The van der Waals surface area contributed by atoms with Crippen LogP contribution in [-0.2, 0) is 4.79 Å². The number of hydrogen-bond acceptors (Lipinski definition) is 3. The Bertz CT molecular complexity index is 367. The third-order valence-corrected chi connectivity index (χ3v) is 5.19. The lowest BCUT2D eigenvalue weighted by molar-refractivity contribution is -0.135. The molecule has 120 valence electrons. The lowest BCUT2D eigenvalue weighted by Crippen LogP contribution is -2.55. The number of nitrogens with zero attached hydrogens (tertiary/aromatic N) is 2. The van der Waals surface area contributed by atoms with Crippen LogP contribution in [0.4, 0.5) is 8.78 Å². The van der Waals surface area contributed by atoms with Crippen molar-refractivity contribution in [2.45, 2.75) is 56.5 Å². The van der Waals surface area contributed by atoms with E-state index in [0.29, 0.717) is 12.8 Å². The highest BCUT2D eigenvalue weighted by Crippen LogP contribution is 2.35. The van der Waals surface area contributed by atoms with Crippen molar-refractivity contribution in [2.24, 2.45) is 0 Å². The van der Waals surface area contributed by atoms with Crippen LogP contribution in [0, 0.1) is 0 Å². The van der Waals surface area contributed by atoms with Crippen molar-refractivity contribution in [1.29, 1.82) is 0 Å². The Balaban J connectivity index is 1.46. The van der Waals surface area contributed by atoms with E-state index in [2.05, 4.69) is 10.2 Å². The zero-order valence-corrected chi connectivity index (χ0v) is 12.5. The summed E-state index contributed by atoms with van der Waals surface area (Å²) in [5, 5.41) is 3.25. The molecule has 21 heavy (non-hydrogen) atoms. The van der Waals surface area contributed by atoms with Crippen LogP contribution < -0.4 is 5.32 Å². The fourth-order valence-corrected chi connectivity index (χ4v) is 3.81. The van der Waals surface area contributed by atoms with Crippen LogP contribution in [-0.4, -0.2) is 66.4 Å². The van der Waals surface area contributed by atoms with Crippen molar-refractivity contribution in [1.82, 2.24) is 15.1 Å². The molecule has 1 atom stereocenters. The van der Waals surface area contributed by atoms with Gasteiger partial charge in [-0.2, -0.15) is 0 Å². The van der Waals surface area contributed by atoms with E-state index in [0.717, 1.165) is 45.6 Å². The van der Waals surface area contributed by atoms with E-state index in [4.69, 9.17) is 0 Å². The molecular formula is C15H25F2N3O. The van der Waals surface area contributed by atoms with Crippen LogP contribution in [0.2, 0.25) is 0 Å². The highest BCUT2D eigenvalue weighted by atomic mass is 19.3. The van der Waals surface area contributed by atoms with Gasteiger partial charge in [-0.25, -0.2) is 8.78 Å². The second kappa shape index (κ2) is 6.16. The molecule has 2 saturated heterocycles. The number of amides is 1. The molecule has 0 aromatic rings. The quantitative estimate of drug-likeness (QED) is 0.839. The highest BCUT2D eigenvalue weighted by molar-refractivity contribution is 5.82. The molecule has 3 aliphatic rings. The van der Waals surface area contributed by atoms with Crippen molar-refractivity contribution in [3.8, 4) is 0 Å². The zero-order chi connectivity index (χ0) is 14.9. The first kappa shape index (κ1) is 15.2. The number of alkyl halides is 2. The normalized spacial score (nSPS) is 31.5. The summed E-state index contributed by atoms with van der Waals surface area (Å²) in [4.78, 5) is 16.6. The van der Waals surface area contributed by atoms with Gasteiger partial charge in [0, 0.05) is 45.1 Å². The second-order valence-corrected chi connectivity index (χ2v) is 6.60. The van der Waals surface area contributed by atoms with E-state index in [-0.39, 0.29) is 30.8 Å². The zero-order valence-electron chi connectivity index (χ0n) is 12.5. The fourth-order valence-electron chi connectivity index (χ4n) is 3.81. The average molecular weight is 301 g/mol. The van der Waals surface area contributed by atoms with Gasteiger partial charge >= 0.3 is 0 Å². The molecule has 2 heterocycles. The van der Waals surface area contributed by atoms with Gasteiger partial charge in [0.25, 0.3) is 0 Å². The molecule has 3 fully saturated rings. The first-order valence-electron chi connectivity index (χ1n) is 8.19. The molecule has 1 aliphatic carbocycles. The van der Waals surface area contributed by atoms with Gasteiger partial charge in [0.15, 0.2) is 0 Å². The number of halogens is 2. The van der Waals surface area contributed by atoms with Crippen LogP contribution >= 0.6 is 0 Å². The van der Waals surface area contributed by atoms with E-state index in [1.165, 1.54) is 0 Å². The van der Waals surface area contributed by atoms with Gasteiger partial charge in [-0.15, -0.1) is 0 Å². The average Bonchev–Trinajstić information content (AvgIpc) is 3.01. The Labute approximate surface area is 124 Å². The molecule has 0 aromatic heterocycles. The van der Waals surface area contributed by atoms with Gasteiger partial charge in [0.2, 0.25) is 11.8 Å². The predicted molar refractivity (Wildman–Crippen MR) is 76.4 cm³/mol. The summed E-state index contributed by atoms with van der Waals surface area (Å²) in [6.07, 6.45) is 3.23. The summed E-state index contributed by atoms with van der Waals surface area (Å²) in [5.41, 5.74) is 0. The number of carbonyl (C=O) groups is 1. The maximum atomic E-state index is 13.2. The summed E-state index contributed by atoms with van der Waals surface area (Å²) >= 11 is 0. The minimum absolute atomic E-state index is 0.00456. The van der Waals surface area contributed by atoms with Crippen LogP contribution in [0.5, 0.6) is 0 Å². The number of hydrogen-bond donors (Lipinski definition) is 1. The summed E-state index contributed by atoms with van der Waals surface area (Å²) in [5.74, 6) is -2.23. The summed E-state index contributed by atoms with van der Waals surface area (Å²) in [6.45, 7) is 4.07. The number of piperazine rings is 1. The molecule has 0 aromatic carbocycles. The van der Waals surface area contributed by atoms with E-state index in [1.807, 2.05) is 4.90 Å². The highest BCUT2D eigenvalue weighted by Gasteiger charge is 2.38. The summed E-state index contributed by atoms with van der Waals surface area (Å²) < 4.78 is 26.4. The van der Waals surface area contributed by atoms with Crippen LogP contribution in [0.1, 0.15) is 38.5 Å². The van der Waals surface area contributed by atoms with Crippen molar-refractivity contribution in [3.63, 3.8) is 0 Å². The smallest absolute Gasteiger partial charge is 0.248 e. The maximum Gasteiger partial charge on any atom is 0.248 e. The molecule has 0 radical (unpaired) electrons. The Morgan fingerprint density at radius 1 is 1.05 bits per heavy atom. The topological polar surface area (TPSA) is 35.6 Å². The van der Waals surface area contributed by atoms with E-state index < -0.39 is 5.92 Å². The van der Waals surface area contributed by atoms with Gasteiger partial charge < -0.3 is 10.2 Å². The monoisotopic (exact) mass is 301 g/mol. The molecule has 1 saturated carbocycles. The molecule has 2 aliphatic heterocycles. The van der Waals surface area contributed by atoms with Crippen LogP contribution in [0.15, 0.2) is 0 Å². The molecule has 0 unspecified atom stereocenters. The van der Waals surface area contributed by atoms with Crippen molar-refractivity contribution < 1.29 is 13.6 Å². The molecule has 3 rings (SSSR count). The van der Waals surface area contributed by atoms with E-state index in [9.17, 15) is 13.6 Å². The molecule has 6 heteroatoms. The predicted octanol–water partition coefficient (Wildman–Crippen LogP) is 1.46. The first-order valence-corrected chi connectivity index (χ1v) is 8.19. The fraction of sp³-hybridized carbons (Fsp3) is 0.933. The largest absolute Gasteiger partial charge is 0.339 e. The minimum Gasteiger partial charge on any atom is -0.339 e. The van der Waals surface area contributed by atoms with Crippen LogP contribution in [0.3, 0.4) is 0 Å². The molecule has 0 bridgehead atoms. The van der Waals surface area contributed by atoms with E-state index in [1.54, 1.807) is 0 Å². The molecule has 4 nitrogen and oxygen atoms in total. The van der Waals surface area contributed by atoms with Crippen molar-refractivity contribution in [2.75, 3.05) is 32.7 Å². The SMILES string of the molecule is O=C([C@@H]1CCCN1)N1CCN(C2CCC(F)(F)CC2)CC1. The lowest BCUT2D eigenvalue weighted by Gasteiger charge is -2.42. The molecule has 0 spiro atoms. The number of nitrogens with one attached hydrogen (secondary N) is 1. The number of rotatable bonds is 2. The lowest BCUT2D eigenvalue weighted by atomic mass is 9.91. The van der Waals surface area contributed by atoms with Gasteiger partial charge in [-0.05, 0) is 32.2 Å². The Hall–Kier alpha value is -0.750. The van der Waals surface area contributed by atoms with Crippen molar-refractivity contribution in [3.05, 3.63) is 0 Å². The standard InChI is InChI=1S/C15H25F2N3O/c16-15(17)5-3-12(4-6-15)19-8-10-20(11-9-19)14(21)13-2-1-7-18-13/h12-13,18H,1-11H2/t13-/m0/s1.